The summed E-state index contributed by atoms with van der Waals surface area (Å²) in [6, 6.07) is 12.5. The van der Waals surface area contributed by atoms with Crippen LogP contribution >= 0.6 is 0 Å². The quantitative estimate of drug-likeness (QED) is 0.562. The van der Waals surface area contributed by atoms with Gasteiger partial charge in [-0.15, -0.1) is 0 Å². The van der Waals surface area contributed by atoms with Gasteiger partial charge in [-0.1, -0.05) is 29.4 Å². The number of anilines is 1. The summed E-state index contributed by atoms with van der Waals surface area (Å²) in [5.41, 5.74) is 2.84. The van der Waals surface area contributed by atoms with Crippen LogP contribution in [0.25, 0.3) is 22.8 Å². The first kappa shape index (κ1) is 15.7. The van der Waals surface area contributed by atoms with E-state index >= 15 is 0 Å². The van der Waals surface area contributed by atoms with Crippen LogP contribution in [0.3, 0.4) is 0 Å². The Hall–Kier alpha value is -3.22. The summed E-state index contributed by atoms with van der Waals surface area (Å²) in [4.78, 5) is 15.2. The molecule has 3 aromatic rings. The molecule has 7 nitrogen and oxygen atoms in total. The molecule has 0 saturated heterocycles. The van der Waals surface area contributed by atoms with Gasteiger partial charge < -0.3 is 9.84 Å². The van der Waals surface area contributed by atoms with Gasteiger partial charge >= 0.3 is 0 Å². The topological polar surface area (TPSA) is 94.1 Å². The first-order valence-corrected chi connectivity index (χ1v) is 7.52. The Kier molecular flexibility index (Phi) is 4.24. The predicted molar refractivity (Wildman–Crippen MR) is 90.7 cm³/mol. The monoisotopic (exact) mass is 324 g/mol. The number of nitro groups is 1. The summed E-state index contributed by atoms with van der Waals surface area (Å²) in [7, 11) is 0. The van der Waals surface area contributed by atoms with E-state index in [1.54, 1.807) is 12.1 Å². The Bertz CT molecular complexity index is 889. The minimum Gasteiger partial charge on any atom is -0.380 e. The van der Waals surface area contributed by atoms with Crippen molar-refractivity contribution in [3.63, 3.8) is 0 Å². The number of aromatic nitrogens is 2. The Labute approximate surface area is 138 Å². The first-order chi connectivity index (χ1) is 11.6. The highest BCUT2D eigenvalue weighted by Gasteiger charge is 2.18. The minimum atomic E-state index is -0.430. The van der Waals surface area contributed by atoms with Crippen molar-refractivity contribution in [2.24, 2.45) is 0 Å². The van der Waals surface area contributed by atoms with Crippen LogP contribution in [0, 0.1) is 17.0 Å². The van der Waals surface area contributed by atoms with Crippen molar-refractivity contribution in [2.75, 3.05) is 11.9 Å². The molecule has 1 heterocycles. The third kappa shape index (κ3) is 2.96. The molecule has 0 amide bonds. The van der Waals surface area contributed by atoms with Gasteiger partial charge in [0.2, 0.25) is 5.82 Å². The second-order valence-electron chi connectivity index (χ2n) is 5.26. The molecule has 0 saturated carbocycles. The number of nitrogens with one attached hydrogen (secondary N) is 1. The summed E-state index contributed by atoms with van der Waals surface area (Å²) in [6.45, 7) is 4.43. The van der Waals surface area contributed by atoms with Crippen LogP contribution in [-0.4, -0.2) is 21.6 Å². The number of hydrogen-bond donors (Lipinski definition) is 1. The fraction of sp³-hybridized carbons (Fsp3) is 0.176. The number of aryl methyl sites for hydroxylation is 1. The van der Waals surface area contributed by atoms with Gasteiger partial charge in [0.15, 0.2) is 0 Å². The second kappa shape index (κ2) is 6.49. The molecule has 0 spiro atoms. The van der Waals surface area contributed by atoms with E-state index in [4.69, 9.17) is 4.52 Å². The van der Waals surface area contributed by atoms with Crippen LogP contribution in [0.2, 0.25) is 0 Å². The Balaban J connectivity index is 2.00. The highest BCUT2D eigenvalue weighted by molar-refractivity contribution is 5.70. The molecule has 0 bridgehead atoms. The molecule has 1 aromatic heterocycles. The van der Waals surface area contributed by atoms with E-state index in [0.717, 1.165) is 11.1 Å². The lowest BCUT2D eigenvalue weighted by Crippen LogP contribution is -2.01. The van der Waals surface area contributed by atoms with Crippen LogP contribution in [0.15, 0.2) is 47.0 Å². The molecule has 0 fully saturated rings. The highest BCUT2D eigenvalue weighted by Crippen LogP contribution is 2.31. The van der Waals surface area contributed by atoms with Gasteiger partial charge in [0.1, 0.15) is 5.69 Å². The fourth-order valence-corrected chi connectivity index (χ4v) is 2.43. The Morgan fingerprint density at radius 2 is 2.04 bits per heavy atom. The molecule has 0 aliphatic carbocycles. The SMILES string of the molecule is CCNc1ccc(-c2nc(-c3ccccc3C)no2)cc1[N+](=O)[O-]. The van der Waals surface area contributed by atoms with E-state index < -0.39 is 4.92 Å². The van der Waals surface area contributed by atoms with E-state index in [0.29, 0.717) is 23.6 Å². The van der Waals surface area contributed by atoms with Gasteiger partial charge in [0, 0.05) is 23.7 Å². The fourth-order valence-electron chi connectivity index (χ4n) is 2.43. The van der Waals surface area contributed by atoms with Crippen molar-refractivity contribution < 1.29 is 9.45 Å². The summed E-state index contributed by atoms with van der Waals surface area (Å²) in [6.07, 6.45) is 0. The summed E-state index contributed by atoms with van der Waals surface area (Å²) in [5, 5.41) is 18.2. The van der Waals surface area contributed by atoms with Gasteiger partial charge in [0.05, 0.1) is 4.92 Å². The van der Waals surface area contributed by atoms with E-state index in [2.05, 4.69) is 15.5 Å². The molecule has 24 heavy (non-hydrogen) atoms. The molecule has 0 unspecified atom stereocenters. The lowest BCUT2D eigenvalue weighted by Gasteiger charge is -2.04. The minimum absolute atomic E-state index is 0.0232. The van der Waals surface area contributed by atoms with Gasteiger partial charge in [-0.05, 0) is 31.5 Å². The third-order valence-electron chi connectivity index (χ3n) is 3.62. The zero-order chi connectivity index (χ0) is 17.1. The lowest BCUT2D eigenvalue weighted by molar-refractivity contribution is -0.383. The van der Waals surface area contributed by atoms with Gasteiger partial charge in [-0.3, -0.25) is 10.1 Å². The Morgan fingerprint density at radius 1 is 1.25 bits per heavy atom. The normalized spacial score (nSPS) is 10.6. The molecule has 3 rings (SSSR count). The van der Waals surface area contributed by atoms with Gasteiger partial charge in [-0.25, -0.2) is 0 Å². The zero-order valence-electron chi connectivity index (χ0n) is 13.3. The molecule has 2 aromatic carbocycles. The number of hydrogen-bond acceptors (Lipinski definition) is 6. The number of nitrogens with zero attached hydrogens (tertiary/aromatic N) is 3. The van der Waals surface area contributed by atoms with E-state index in [1.807, 2.05) is 38.1 Å². The van der Waals surface area contributed by atoms with Crippen LogP contribution in [0.5, 0.6) is 0 Å². The average molecular weight is 324 g/mol. The molecule has 0 atom stereocenters. The first-order valence-electron chi connectivity index (χ1n) is 7.52. The van der Waals surface area contributed by atoms with E-state index in [1.165, 1.54) is 6.07 Å². The molecule has 0 radical (unpaired) electrons. The predicted octanol–water partition coefficient (Wildman–Crippen LogP) is 4.05. The maximum absolute atomic E-state index is 11.3. The van der Waals surface area contributed by atoms with Crippen molar-refractivity contribution >= 4 is 11.4 Å². The zero-order valence-corrected chi connectivity index (χ0v) is 13.3. The maximum atomic E-state index is 11.3. The number of benzene rings is 2. The second-order valence-corrected chi connectivity index (χ2v) is 5.26. The van der Waals surface area contributed by atoms with Crippen LogP contribution in [0.4, 0.5) is 11.4 Å². The molecule has 7 heteroatoms. The molecule has 1 N–H and O–H groups in total. The average Bonchev–Trinajstić information content (AvgIpc) is 3.05. The molecular weight excluding hydrogens is 308 g/mol. The van der Waals surface area contributed by atoms with Gasteiger partial charge in [0.25, 0.3) is 11.6 Å². The van der Waals surface area contributed by atoms with Crippen LogP contribution in [0.1, 0.15) is 12.5 Å². The summed E-state index contributed by atoms with van der Waals surface area (Å²) in [5.74, 6) is 0.709. The maximum Gasteiger partial charge on any atom is 0.293 e. The van der Waals surface area contributed by atoms with Crippen LogP contribution < -0.4 is 5.32 Å². The summed E-state index contributed by atoms with van der Waals surface area (Å²) >= 11 is 0. The largest absolute Gasteiger partial charge is 0.380 e. The standard InChI is InChI=1S/C17H16N4O3/c1-3-18-14-9-8-12(10-15(14)21(22)23)17-19-16(20-24-17)13-7-5-4-6-11(13)2/h4-10,18H,3H2,1-2H3. The van der Waals surface area contributed by atoms with Crippen molar-refractivity contribution in [1.29, 1.82) is 0 Å². The van der Waals surface area contributed by atoms with E-state index in [-0.39, 0.29) is 11.6 Å². The van der Waals surface area contributed by atoms with Crippen molar-refractivity contribution in [1.82, 2.24) is 10.1 Å². The smallest absolute Gasteiger partial charge is 0.293 e. The molecule has 0 aliphatic rings. The lowest BCUT2D eigenvalue weighted by atomic mass is 10.1. The van der Waals surface area contributed by atoms with Crippen molar-refractivity contribution in [3.8, 4) is 22.8 Å². The molecular formula is C17H16N4O3. The van der Waals surface area contributed by atoms with Crippen LogP contribution in [-0.2, 0) is 0 Å². The Morgan fingerprint density at radius 3 is 2.75 bits per heavy atom. The van der Waals surface area contributed by atoms with E-state index in [9.17, 15) is 10.1 Å². The third-order valence-corrected chi connectivity index (χ3v) is 3.62. The summed E-state index contributed by atoms with van der Waals surface area (Å²) < 4.78 is 5.29. The van der Waals surface area contributed by atoms with Crippen molar-refractivity contribution in [2.45, 2.75) is 13.8 Å². The molecule has 122 valence electrons. The number of rotatable bonds is 5. The van der Waals surface area contributed by atoms with Crippen molar-refractivity contribution in [3.05, 3.63) is 58.1 Å². The number of nitro benzene ring substituents is 1. The highest BCUT2D eigenvalue weighted by atomic mass is 16.6. The van der Waals surface area contributed by atoms with Gasteiger partial charge in [-0.2, -0.15) is 4.98 Å². The molecule has 0 aliphatic heterocycles.